The van der Waals surface area contributed by atoms with Crippen molar-refractivity contribution >= 4 is 49.6 Å². The first-order valence-electron chi connectivity index (χ1n) is 13.4. The minimum absolute atomic E-state index is 0.379. The van der Waals surface area contributed by atoms with Gasteiger partial charge in [0, 0.05) is 49.8 Å². The molecule has 0 saturated carbocycles. The van der Waals surface area contributed by atoms with Gasteiger partial charge >= 0.3 is 5.69 Å². The lowest BCUT2D eigenvalue weighted by Gasteiger charge is -2.15. The number of aromatic nitrogens is 6. The van der Waals surface area contributed by atoms with Crippen LogP contribution in [0.15, 0.2) is 77.0 Å². The fourth-order valence-electron chi connectivity index (χ4n) is 6.06. The number of rotatable bonds is 4. The number of benzene rings is 2. The van der Waals surface area contributed by atoms with Crippen molar-refractivity contribution in [3.05, 3.63) is 104 Å². The largest absolute Gasteiger partial charge is 0.497 e. The second kappa shape index (κ2) is 9.37. The minimum Gasteiger partial charge on any atom is -0.497 e. The van der Waals surface area contributed by atoms with Gasteiger partial charge in [-0.3, -0.25) is 9.78 Å². The van der Waals surface area contributed by atoms with Gasteiger partial charge in [0.25, 0.3) is 5.56 Å². The third kappa shape index (κ3) is 3.65. The second-order valence-electron chi connectivity index (χ2n) is 10.2. The summed E-state index contributed by atoms with van der Waals surface area (Å²) in [4.78, 5) is 39.8. The van der Waals surface area contributed by atoms with Gasteiger partial charge in [0.2, 0.25) is 0 Å². The predicted molar refractivity (Wildman–Crippen MR) is 164 cm³/mol. The Balaban J connectivity index is 1.35. The molecule has 0 fully saturated rings. The molecule has 0 amide bonds. The standard InChI is InChI=1S/C31H21ClN6O3S/c1-41-17-9-8-16-12-33-13-25(21(16)10-17)38-30(39)28-24(36-31(38)40)11-26(42-28)27-19(5-3-7-23(27)32)22-14-37-29(34-15-35-37)20-6-2-4-18(20)22/h3,5,7-15H,2,4,6H2,1H3,(H,36,40). The van der Waals surface area contributed by atoms with Gasteiger partial charge in [-0.15, -0.1) is 11.3 Å². The molecule has 5 heterocycles. The molecule has 1 aliphatic rings. The Hall–Kier alpha value is -4.80. The summed E-state index contributed by atoms with van der Waals surface area (Å²) in [6.45, 7) is 0. The zero-order chi connectivity index (χ0) is 28.5. The van der Waals surface area contributed by atoms with Crippen molar-refractivity contribution in [3.8, 4) is 33.0 Å². The highest BCUT2D eigenvalue weighted by atomic mass is 35.5. The van der Waals surface area contributed by atoms with Crippen LogP contribution in [-0.2, 0) is 12.8 Å². The molecule has 0 atom stereocenters. The predicted octanol–water partition coefficient (Wildman–Crippen LogP) is 5.82. The zero-order valence-electron chi connectivity index (χ0n) is 22.2. The molecular formula is C31H21ClN6O3S. The van der Waals surface area contributed by atoms with E-state index in [1.807, 2.05) is 47.1 Å². The van der Waals surface area contributed by atoms with Crippen molar-refractivity contribution in [2.45, 2.75) is 19.3 Å². The van der Waals surface area contributed by atoms with Crippen LogP contribution in [0.25, 0.3) is 53.9 Å². The van der Waals surface area contributed by atoms with E-state index >= 15 is 0 Å². The van der Waals surface area contributed by atoms with Gasteiger partial charge in [-0.25, -0.2) is 18.9 Å². The third-order valence-electron chi connectivity index (χ3n) is 7.95. The zero-order valence-corrected chi connectivity index (χ0v) is 23.8. The summed E-state index contributed by atoms with van der Waals surface area (Å²) in [5.74, 6) is 0.612. The number of hydrogen-bond acceptors (Lipinski definition) is 7. The average Bonchev–Trinajstić information content (AvgIpc) is 3.76. The summed E-state index contributed by atoms with van der Waals surface area (Å²) < 4.78 is 8.75. The molecule has 1 N–H and O–H groups in total. The molecule has 8 rings (SSSR count). The van der Waals surface area contributed by atoms with Gasteiger partial charge in [-0.05, 0) is 60.7 Å². The van der Waals surface area contributed by atoms with Crippen molar-refractivity contribution < 1.29 is 4.74 Å². The van der Waals surface area contributed by atoms with E-state index < -0.39 is 11.2 Å². The monoisotopic (exact) mass is 592 g/mol. The fourth-order valence-corrected chi connectivity index (χ4v) is 7.51. The van der Waals surface area contributed by atoms with Crippen LogP contribution in [0.3, 0.4) is 0 Å². The molecule has 1 aliphatic carbocycles. The van der Waals surface area contributed by atoms with Crippen LogP contribution in [0.5, 0.6) is 5.75 Å². The summed E-state index contributed by atoms with van der Waals surface area (Å²) in [7, 11) is 1.57. The van der Waals surface area contributed by atoms with Gasteiger partial charge in [-0.1, -0.05) is 23.7 Å². The van der Waals surface area contributed by atoms with E-state index in [0.717, 1.165) is 56.4 Å². The van der Waals surface area contributed by atoms with E-state index in [0.29, 0.717) is 32.1 Å². The normalized spacial score (nSPS) is 12.9. The van der Waals surface area contributed by atoms with Crippen LogP contribution in [0.2, 0.25) is 5.02 Å². The van der Waals surface area contributed by atoms with Crippen molar-refractivity contribution in [2.75, 3.05) is 7.11 Å². The first-order chi connectivity index (χ1) is 20.5. The van der Waals surface area contributed by atoms with E-state index in [1.165, 1.54) is 28.7 Å². The smallest absolute Gasteiger partial charge is 0.333 e. The lowest BCUT2D eigenvalue weighted by Crippen LogP contribution is -2.33. The number of halogens is 1. The first kappa shape index (κ1) is 25.0. The first-order valence-corrected chi connectivity index (χ1v) is 14.6. The van der Waals surface area contributed by atoms with Crippen LogP contribution in [0, 0.1) is 0 Å². The van der Waals surface area contributed by atoms with Gasteiger partial charge in [0.05, 0.1) is 24.5 Å². The summed E-state index contributed by atoms with van der Waals surface area (Å²) >= 11 is 8.18. The summed E-state index contributed by atoms with van der Waals surface area (Å²) in [5.41, 5.74) is 5.97. The van der Waals surface area contributed by atoms with Crippen LogP contribution in [0.4, 0.5) is 0 Å². The lowest BCUT2D eigenvalue weighted by atomic mass is 9.94. The van der Waals surface area contributed by atoms with E-state index in [4.69, 9.17) is 16.3 Å². The number of nitrogens with zero attached hydrogens (tertiary/aromatic N) is 5. The summed E-state index contributed by atoms with van der Waals surface area (Å²) in [5, 5.41) is 6.43. The van der Waals surface area contributed by atoms with Crippen LogP contribution >= 0.6 is 22.9 Å². The Morgan fingerprint density at radius 3 is 2.81 bits per heavy atom. The molecule has 0 saturated heterocycles. The molecule has 5 aromatic heterocycles. The molecule has 9 nitrogen and oxygen atoms in total. The molecule has 0 spiro atoms. The van der Waals surface area contributed by atoms with Crippen molar-refractivity contribution in [2.24, 2.45) is 0 Å². The molecule has 0 bridgehead atoms. The quantitative estimate of drug-likeness (QED) is 0.276. The number of fused-ring (bicyclic) bond motifs is 5. The number of ether oxygens (including phenoxy) is 1. The van der Waals surface area contributed by atoms with Gasteiger partial charge in [0.1, 0.15) is 16.8 Å². The second-order valence-corrected chi connectivity index (χ2v) is 11.7. The number of aromatic amines is 1. The Labute approximate surface area is 246 Å². The molecule has 0 radical (unpaired) electrons. The molecule has 7 aromatic rings. The SMILES string of the molecule is COc1ccc2cncc(-n3c(=O)[nH]c4cc(-c5c(Cl)cccc5-c5cn6ncnc6c6c5CCC6)sc4c3=O)c2c1. The topological polar surface area (TPSA) is 107 Å². The maximum atomic E-state index is 13.9. The van der Waals surface area contributed by atoms with Gasteiger partial charge in [-0.2, -0.15) is 5.10 Å². The van der Waals surface area contributed by atoms with Crippen LogP contribution < -0.4 is 16.0 Å². The van der Waals surface area contributed by atoms with E-state index in [2.05, 4.69) is 20.1 Å². The fraction of sp³-hybridized carbons (Fsp3) is 0.129. The number of aryl methyl sites for hydroxylation is 1. The van der Waals surface area contributed by atoms with Crippen molar-refractivity contribution in [1.29, 1.82) is 0 Å². The Bertz CT molecular complexity index is 2350. The minimum atomic E-state index is -0.553. The van der Waals surface area contributed by atoms with E-state index in [9.17, 15) is 9.59 Å². The summed E-state index contributed by atoms with van der Waals surface area (Å²) in [6.07, 6.45) is 9.71. The molecule has 11 heteroatoms. The molecule has 42 heavy (non-hydrogen) atoms. The van der Waals surface area contributed by atoms with E-state index in [1.54, 1.807) is 25.7 Å². The van der Waals surface area contributed by atoms with Crippen molar-refractivity contribution in [3.63, 3.8) is 0 Å². The van der Waals surface area contributed by atoms with Crippen LogP contribution in [0.1, 0.15) is 17.5 Å². The van der Waals surface area contributed by atoms with Gasteiger partial charge < -0.3 is 9.72 Å². The number of H-pyrrole nitrogens is 1. The Kier molecular flexibility index (Phi) is 5.56. The molecule has 2 aromatic carbocycles. The maximum absolute atomic E-state index is 13.9. The number of pyridine rings is 2. The van der Waals surface area contributed by atoms with Crippen molar-refractivity contribution in [1.82, 2.24) is 29.1 Å². The Morgan fingerprint density at radius 2 is 1.93 bits per heavy atom. The molecule has 0 unspecified atom stereocenters. The lowest BCUT2D eigenvalue weighted by molar-refractivity contribution is 0.415. The third-order valence-corrected chi connectivity index (χ3v) is 9.40. The number of hydrogen-bond donors (Lipinski definition) is 1. The van der Waals surface area contributed by atoms with E-state index in [-0.39, 0.29) is 0 Å². The molecular weight excluding hydrogens is 572 g/mol. The maximum Gasteiger partial charge on any atom is 0.333 e. The molecule has 206 valence electrons. The average molecular weight is 593 g/mol. The highest BCUT2D eigenvalue weighted by molar-refractivity contribution is 7.22. The number of thiophene rings is 1. The summed E-state index contributed by atoms with van der Waals surface area (Å²) in [6, 6.07) is 13.1. The number of nitrogens with one attached hydrogen (secondary N) is 1. The highest BCUT2D eigenvalue weighted by Crippen LogP contribution is 2.44. The van der Waals surface area contributed by atoms with Gasteiger partial charge in [0.15, 0.2) is 5.65 Å². The molecule has 0 aliphatic heterocycles. The van der Waals surface area contributed by atoms with Crippen LogP contribution in [-0.4, -0.2) is 36.2 Å². The highest BCUT2D eigenvalue weighted by Gasteiger charge is 2.25. The number of methoxy groups -OCH3 is 1. The Morgan fingerprint density at radius 1 is 1.05 bits per heavy atom.